The summed E-state index contributed by atoms with van der Waals surface area (Å²) >= 11 is 10.9. The highest BCUT2D eigenvalue weighted by Gasteiger charge is 2.34. The number of halogens is 1. The molecule has 0 amide bonds. The predicted octanol–water partition coefficient (Wildman–Crippen LogP) is 1.51. The van der Waals surface area contributed by atoms with E-state index in [0.717, 1.165) is 0 Å². The number of nitrogens with two attached hydrogens (primary N) is 1. The number of benzene rings is 1. The Morgan fingerprint density at radius 2 is 2.00 bits per heavy atom. The number of nitrogens with zero attached hydrogens (tertiary/aromatic N) is 1. The van der Waals surface area contributed by atoms with Crippen molar-refractivity contribution in [1.29, 1.82) is 0 Å². The van der Waals surface area contributed by atoms with E-state index in [0.29, 0.717) is 18.4 Å². The van der Waals surface area contributed by atoms with Gasteiger partial charge in [0.05, 0.1) is 15.5 Å². The highest BCUT2D eigenvalue weighted by atomic mass is 35.5. The van der Waals surface area contributed by atoms with Gasteiger partial charge in [-0.25, -0.2) is 8.42 Å². The molecule has 1 aliphatic rings. The first-order valence-corrected chi connectivity index (χ1v) is 8.68. The summed E-state index contributed by atoms with van der Waals surface area (Å²) in [5.41, 5.74) is 5.15. The van der Waals surface area contributed by atoms with E-state index < -0.39 is 15.6 Å². The first kappa shape index (κ1) is 16.6. The summed E-state index contributed by atoms with van der Waals surface area (Å²) in [6.45, 7) is 2.28. The van der Waals surface area contributed by atoms with Gasteiger partial charge in [0.1, 0.15) is 4.99 Å². The summed E-state index contributed by atoms with van der Waals surface area (Å²) < 4.78 is 26.5. The van der Waals surface area contributed by atoms with Crippen LogP contribution in [0, 0.1) is 0 Å². The van der Waals surface area contributed by atoms with Crippen LogP contribution in [0.15, 0.2) is 23.1 Å². The summed E-state index contributed by atoms with van der Waals surface area (Å²) in [7, 11) is -3.62. The Hall–Kier alpha value is -0.730. The Morgan fingerprint density at radius 3 is 2.48 bits per heavy atom. The molecule has 1 aromatic rings. The van der Waals surface area contributed by atoms with Crippen LogP contribution in [-0.2, 0) is 10.0 Å². The Kier molecular flexibility index (Phi) is 4.60. The Balaban J connectivity index is 2.28. The lowest BCUT2D eigenvalue weighted by Crippen LogP contribution is -2.45. The third kappa shape index (κ3) is 3.54. The van der Waals surface area contributed by atoms with Gasteiger partial charge in [-0.05, 0) is 38.0 Å². The molecule has 0 bridgehead atoms. The molecule has 0 radical (unpaired) electrons. The molecule has 21 heavy (non-hydrogen) atoms. The van der Waals surface area contributed by atoms with Crippen molar-refractivity contribution in [2.45, 2.75) is 30.3 Å². The van der Waals surface area contributed by atoms with Crippen LogP contribution in [-0.4, -0.2) is 41.5 Å². The van der Waals surface area contributed by atoms with Gasteiger partial charge < -0.3 is 10.8 Å². The second-order valence-electron chi connectivity index (χ2n) is 5.41. The van der Waals surface area contributed by atoms with E-state index in [2.05, 4.69) is 0 Å². The second-order valence-corrected chi connectivity index (χ2v) is 8.19. The van der Waals surface area contributed by atoms with Gasteiger partial charge in [0.25, 0.3) is 0 Å². The van der Waals surface area contributed by atoms with Crippen LogP contribution in [0.5, 0.6) is 0 Å². The Morgan fingerprint density at radius 1 is 1.43 bits per heavy atom. The molecule has 1 saturated heterocycles. The fourth-order valence-electron chi connectivity index (χ4n) is 2.21. The van der Waals surface area contributed by atoms with Crippen molar-refractivity contribution in [2.24, 2.45) is 5.73 Å². The molecule has 0 aromatic heterocycles. The van der Waals surface area contributed by atoms with Crippen molar-refractivity contribution < 1.29 is 13.5 Å². The number of aliphatic hydroxyl groups is 1. The lowest BCUT2D eigenvalue weighted by Gasteiger charge is -2.35. The molecule has 0 saturated carbocycles. The SMILES string of the molecule is CC1(O)CCN(S(=O)(=O)c2ccc(C(N)=S)c(Cl)c2)CC1. The topological polar surface area (TPSA) is 83.6 Å². The number of piperidine rings is 1. The highest BCUT2D eigenvalue weighted by Crippen LogP contribution is 2.28. The minimum absolute atomic E-state index is 0.106. The van der Waals surface area contributed by atoms with E-state index in [4.69, 9.17) is 29.6 Å². The largest absolute Gasteiger partial charge is 0.390 e. The number of thiocarbonyl (C=S) groups is 1. The maximum atomic E-state index is 12.6. The Bertz CT molecular complexity index is 664. The molecule has 3 N–H and O–H groups in total. The molecule has 2 rings (SSSR count). The molecular formula is C13H17ClN2O3S2. The molecule has 0 unspecified atom stereocenters. The lowest BCUT2D eigenvalue weighted by atomic mass is 9.95. The Labute approximate surface area is 134 Å². The van der Waals surface area contributed by atoms with Gasteiger partial charge in [0.15, 0.2) is 0 Å². The standard InChI is InChI=1S/C13H17ClN2O3S2/c1-13(17)4-6-16(7-5-13)21(18,19)9-2-3-10(12(15)20)11(14)8-9/h2-3,8,17H,4-7H2,1H3,(H2,15,20). The van der Waals surface area contributed by atoms with Crippen molar-refractivity contribution in [2.75, 3.05) is 13.1 Å². The summed E-state index contributed by atoms with van der Waals surface area (Å²) in [5, 5.41) is 10.1. The van der Waals surface area contributed by atoms with Gasteiger partial charge in [-0.3, -0.25) is 0 Å². The van der Waals surface area contributed by atoms with Crippen LogP contribution in [0.25, 0.3) is 0 Å². The maximum absolute atomic E-state index is 12.6. The van der Waals surface area contributed by atoms with Crippen molar-refractivity contribution in [3.05, 3.63) is 28.8 Å². The number of hydrogen-bond acceptors (Lipinski definition) is 4. The molecule has 0 atom stereocenters. The molecule has 5 nitrogen and oxygen atoms in total. The first-order valence-electron chi connectivity index (χ1n) is 6.45. The summed E-state index contributed by atoms with van der Waals surface area (Å²) in [6, 6.07) is 4.32. The minimum atomic E-state index is -3.62. The van der Waals surface area contributed by atoms with Gasteiger partial charge in [-0.2, -0.15) is 4.31 Å². The van der Waals surface area contributed by atoms with Crippen LogP contribution >= 0.6 is 23.8 Å². The van der Waals surface area contributed by atoms with E-state index in [1.165, 1.54) is 22.5 Å². The van der Waals surface area contributed by atoms with E-state index >= 15 is 0 Å². The lowest BCUT2D eigenvalue weighted by molar-refractivity contribution is 0.0126. The van der Waals surface area contributed by atoms with Gasteiger partial charge in [-0.15, -0.1) is 0 Å². The quantitative estimate of drug-likeness (QED) is 0.809. The number of sulfonamides is 1. The van der Waals surface area contributed by atoms with Crippen molar-refractivity contribution in [1.82, 2.24) is 4.31 Å². The molecule has 8 heteroatoms. The zero-order chi connectivity index (χ0) is 15.8. The average molecular weight is 349 g/mol. The number of hydrogen-bond donors (Lipinski definition) is 2. The van der Waals surface area contributed by atoms with Crippen molar-refractivity contribution in [3.63, 3.8) is 0 Å². The number of rotatable bonds is 3. The van der Waals surface area contributed by atoms with E-state index in [1.807, 2.05) is 0 Å². The summed E-state index contributed by atoms with van der Waals surface area (Å²) in [6.07, 6.45) is 0.815. The third-order valence-electron chi connectivity index (χ3n) is 3.64. The fourth-order valence-corrected chi connectivity index (χ4v) is 4.26. The molecule has 1 aliphatic heterocycles. The molecule has 1 aromatic carbocycles. The van der Waals surface area contributed by atoms with Crippen LogP contribution in [0.4, 0.5) is 0 Å². The molecule has 116 valence electrons. The smallest absolute Gasteiger partial charge is 0.243 e. The fraction of sp³-hybridized carbons (Fsp3) is 0.462. The predicted molar refractivity (Wildman–Crippen MR) is 86.0 cm³/mol. The van der Waals surface area contributed by atoms with Gasteiger partial charge in [-0.1, -0.05) is 23.8 Å². The third-order valence-corrected chi connectivity index (χ3v) is 6.07. The van der Waals surface area contributed by atoms with Gasteiger partial charge >= 0.3 is 0 Å². The molecular weight excluding hydrogens is 332 g/mol. The van der Waals surface area contributed by atoms with Crippen LogP contribution in [0.2, 0.25) is 5.02 Å². The molecule has 0 aliphatic carbocycles. The second kappa shape index (κ2) is 5.81. The van der Waals surface area contributed by atoms with Crippen molar-refractivity contribution >= 4 is 38.8 Å². The molecule has 1 heterocycles. The van der Waals surface area contributed by atoms with E-state index in [1.54, 1.807) is 6.92 Å². The zero-order valence-electron chi connectivity index (χ0n) is 11.5. The average Bonchev–Trinajstić information content (AvgIpc) is 2.37. The van der Waals surface area contributed by atoms with E-state index in [9.17, 15) is 13.5 Å². The monoisotopic (exact) mass is 348 g/mol. The highest BCUT2D eigenvalue weighted by molar-refractivity contribution is 7.89. The normalized spacial score (nSPS) is 19.4. The van der Waals surface area contributed by atoms with Crippen LogP contribution in [0.1, 0.15) is 25.3 Å². The molecule has 1 fully saturated rings. The summed E-state index contributed by atoms with van der Waals surface area (Å²) in [5.74, 6) is 0. The van der Waals surface area contributed by atoms with Crippen LogP contribution in [0.3, 0.4) is 0 Å². The summed E-state index contributed by atoms with van der Waals surface area (Å²) in [4.78, 5) is 0.229. The van der Waals surface area contributed by atoms with Crippen molar-refractivity contribution in [3.8, 4) is 0 Å². The van der Waals surface area contributed by atoms with Crippen LogP contribution < -0.4 is 5.73 Å². The first-order chi connectivity index (χ1) is 9.63. The minimum Gasteiger partial charge on any atom is -0.390 e. The van der Waals surface area contributed by atoms with E-state index in [-0.39, 0.29) is 28.0 Å². The van der Waals surface area contributed by atoms with Gasteiger partial charge in [0.2, 0.25) is 10.0 Å². The molecule has 0 spiro atoms. The zero-order valence-corrected chi connectivity index (χ0v) is 13.9. The maximum Gasteiger partial charge on any atom is 0.243 e. The van der Waals surface area contributed by atoms with Gasteiger partial charge in [0, 0.05) is 18.7 Å².